The minimum absolute atomic E-state index is 0.219. The zero-order valence-electron chi connectivity index (χ0n) is 13.4. The maximum Gasteiger partial charge on any atom is 0.222 e. The van der Waals surface area contributed by atoms with Gasteiger partial charge in [0.25, 0.3) is 0 Å². The van der Waals surface area contributed by atoms with E-state index in [-0.39, 0.29) is 5.82 Å². The second kappa shape index (κ2) is 7.75. The van der Waals surface area contributed by atoms with Crippen molar-refractivity contribution in [2.24, 2.45) is 5.92 Å². The fourth-order valence-corrected chi connectivity index (χ4v) is 4.11. The van der Waals surface area contributed by atoms with Crippen LogP contribution >= 0.6 is 15.9 Å². The number of amides is 1. The molecule has 1 aliphatic carbocycles. The molecule has 5 heteroatoms. The molecule has 0 atom stereocenters. The molecule has 126 valence electrons. The van der Waals surface area contributed by atoms with Crippen molar-refractivity contribution in [2.75, 3.05) is 26.2 Å². The van der Waals surface area contributed by atoms with Crippen molar-refractivity contribution in [3.63, 3.8) is 0 Å². The van der Waals surface area contributed by atoms with Crippen LogP contribution in [0.5, 0.6) is 0 Å². The normalized spacial score (nSPS) is 20.2. The van der Waals surface area contributed by atoms with Crippen LogP contribution in [0.4, 0.5) is 4.39 Å². The van der Waals surface area contributed by atoms with Crippen LogP contribution in [-0.4, -0.2) is 41.9 Å². The van der Waals surface area contributed by atoms with E-state index >= 15 is 0 Å². The van der Waals surface area contributed by atoms with Gasteiger partial charge < -0.3 is 4.90 Å². The largest absolute Gasteiger partial charge is 0.340 e. The highest BCUT2D eigenvalue weighted by atomic mass is 79.9. The van der Waals surface area contributed by atoms with Gasteiger partial charge in [0.05, 0.1) is 0 Å². The molecule has 1 heterocycles. The van der Waals surface area contributed by atoms with Crippen molar-refractivity contribution in [3.8, 4) is 0 Å². The first kappa shape index (κ1) is 16.9. The van der Waals surface area contributed by atoms with E-state index in [2.05, 4.69) is 20.8 Å². The van der Waals surface area contributed by atoms with Gasteiger partial charge in [-0.15, -0.1) is 0 Å². The highest BCUT2D eigenvalue weighted by Crippen LogP contribution is 2.28. The summed E-state index contributed by atoms with van der Waals surface area (Å²) in [5.74, 6) is 0.734. The van der Waals surface area contributed by atoms with Crippen molar-refractivity contribution in [3.05, 3.63) is 34.1 Å². The lowest BCUT2D eigenvalue weighted by molar-refractivity contribution is -0.134. The monoisotopic (exact) mass is 382 g/mol. The standard InChI is InChI=1S/C18H24BrFN2O/c19-17-12-16(20)6-5-15(17)13-21-7-9-22(10-8-21)18(23)11-14-3-1-2-4-14/h5-6,12,14H,1-4,7-11,13H2. The number of hydrogen-bond acceptors (Lipinski definition) is 2. The third kappa shape index (κ3) is 4.54. The number of piperazine rings is 1. The first-order valence-electron chi connectivity index (χ1n) is 8.56. The molecule has 0 spiro atoms. The molecule has 0 radical (unpaired) electrons. The number of carbonyl (C=O) groups excluding carboxylic acids is 1. The molecule has 1 aromatic rings. The summed E-state index contributed by atoms with van der Waals surface area (Å²) < 4.78 is 14.0. The molecule has 0 aromatic heterocycles. The average molecular weight is 383 g/mol. The van der Waals surface area contributed by atoms with Crippen LogP contribution in [0.1, 0.15) is 37.7 Å². The molecule has 0 unspecified atom stereocenters. The molecule has 1 saturated carbocycles. The number of benzene rings is 1. The molecule has 23 heavy (non-hydrogen) atoms. The summed E-state index contributed by atoms with van der Waals surface area (Å²) in [5, 5.41) is 0. The summed E-state index contributed by atoms with van der Waals surface area (Å²) in [6, 6.07) is 4.84. The minimum atomic E-state index is -0.219. The molecule has 0 bridgehead atoms. The van der Waals surface area contributed by atoms with Crippen LogP contribution in [0.15, 0.2) is 22.7 Å². The first-order valence-corrected chi connectivity index (χ1v) is 9.35. The number of nitrogens with zero attached hydrogens (tertiary/aromatic N) is 2. The minimum Gasteiger partial charge on any atom is -0.340 e. The lowest BCUT2D eigenvalue weighted by Crippen LogP contribution is -2.48. The second-order valence-electron chi connectivity index (χ2n) is 6.75. The number of hydrogen-bond donors (Lipinski definition) is 0. The Balaban J connectivity index is 1.47. The summed E-state index contributed by atoms with van der Waals surface area (Å²) in [7, 11) is 0. The van der Waals surface area contributed by atoms with Gasteiger partial charge >= 0.3 is 0 Å². The topological polar surface area (TPSA) is 23.6 Å². The molecule has 3 nitrogen and oxygen atoms in total. The third-order valence-corrected chi connectivity index (χ3v) is 5.81. The zero-order chi connectivity index (χ0) is 16.2. The third-order valence-electron chi connectivity index (χ3n) is 5.07. The molecule has 2 aliphatic rings. The molecular weight excluding hydrogens is 359 g/mol. The Kier molecular flexibility index (Phi) is 5.70. The maximum atomic E-state index is 13.1. The number of carbonyl (C=O) groups is 1. The van der Waals surface area contributed by atoms with E-state index in [1.165, 1.54) is 37.8 Å². The lowest BCUT2D eigenvalue weighted by atomic mass is 10.0. The highest BCUT2D eigenvalue weighted by Gasteiger charge is 2.25. The quantitative estimate of drug-likeness (QED) is 0.790. The molecule has 2 fully saturated rings. The highest BCUT2D eigenvalue weighted by molar-refractivity contribution is 9.10. The van der Waals surface area contributed by atoms with Gasteiger partial charge in [-0.1, -0.05) is 34.8 Å². The Labute approximate surface area is 146 Å². The zero-order valence-corrected chi connectivity index (χ0v) is 15.0. The number of rotatable bonds is 4. The van der Waals surface area contributed by atoms with Crippen LogP contribution in [0.3, 0.4) is 0 Å². The van der Waals surface area contributed by atoms with Gasteiger partial charge in [-0.3, -0.25) is 9.69 Å². The van der Waals surface area contributed by atoms with Crippen molar-refractivity contribution in [1.82, 2.24) is 9.80 Å². The predicted octanol–water partition coefficient (Wildman–Crippen LogP) is 3.81. The van der Waals surface area contributed by atoms with Crippen molar-refractivity contribution in [2.45, 2.75) is 38.6 Å². The van der Waals surface area contributed by atoms with E-state index < -0.39 is 0 Å². The Morgan fingerprint density at radius 1 is 1.17 bits per heavy atom. The SMILES string of the molecule is O=C(CC1CCCC1)N1CCN(Cc2ccc(F)cc2Br)CC1. The van der Waals surface area contributed by atoms with Crippen LogP contribution in [0.25, 0.3) is 0 Å². The van der Waals surface area contributed by atoms with E-state index in [0.29, 0.717) is 11.8 Å². The van der Waals surface area contributed by atoms with Crippen LogP contribution in [0.2, 0.25) is 0 Å². The predicted molar refractivity (Wildman–Crippen MR) is 92.5 cm³/mol. The van der Waals surface area contributed by atoms with E-state index in [0.717, 1.165) is 49.2 Å². The Hall–Kier alpha value is -0.940. The molecule has 1 saturated heterocycles. The second-order valence-corrected chi connectivity index (χ2v) is 7.60. The molecule has 1 aliphatic heterocycles. The summed E-state index contributed by atoms with van der Waals surface area (Å²) in [6.07, 6.45) is 5.77. The first-order chi connectivity index (χ1) is 11.1. The Morgan fingerprint density at radius 3 is 2.52 bits per heavy atom. The van der Waals surface area contributed by atoms with Crippen LogP contribution in [-0.2, 0) is 11.3 Å². The smallest absolute Gasteiger partial charge is 0.222 e. The lowest BCUT2D eigenvalue weighted by Gasteiger charge is -2.35. The van der Waals surface area contributed by atoms with Crippen LogP contribution in [0, 0.1) is 11.7 Å². The van der Waals surface area contributed by atoms with Gasteiger partial charge in [-0.25, -0.2) is 4.39 Å². The van der Waals surface area contributed by atoms with E-state index in [1.807, 2.05) is 11.0 Å². The molecule has 3 rings (SSSR count). The molecule has 0 N–H and O–H groups in total. The van der Waals surface area contributed by atoms with Gasteiger partial charge in [0.1, 0.15) is 5.82 Å². The van der Waals surface area contributed by atoms with E-state index in [4.69, 9.17) is 0 Å². The fraction of sp³-hybridized carbons (Fsp3) is 0.611. The van der Waals surface area contributed by atoms with E-state index in [1.54, 1.807) is 0 Å². The number of halogens is 2. The summed E-state index contributed by atoms with van der Waals surface area (Å²) >= 11 is 3.43. The van der Waals surface area contributed by atoms with Crippen molar-refractivity contribution < 1.29 is 9.18 Å². The van der Waals surface area contributed by atoms with Gasteiger partial charge in [0.2, 0.25) is 5.91 Å². The molecule has 1 amide bonds. The fourth-order valence-electron chi connectivity index (χ4n) is 3.64. The van der Waals surface area contributed by atoms with Gasteiger partial charge in [0, 0.05) is 43.6 Å². The maximum absolute atomic E-state index is 13.1. The van der Waals surface area contributed by atoms with Gasteiger partial charge in [0.15, 0.2) is 0 Å². The van der Waals surface area contributed by atoms with Crippen molar-refractivity contribution in [1.29, 1.82) is 0 Å². The van der Waals surface area contributed by atoms with Crippen molar-refractivity contribution >= 4 is 21.8 Å². The summed E-state index contributed by atoms with van der Waals surface area (Å²) in [4.78, 5) is 16.7. The Morgan fingerprint density at radius 2 is 1.87 bits per heavy atom. The van der Waals surface area contributed by atoms with Crippen LogP contribution < -0.4 is 0 Å². The summed E-state index contributed by atoms with van der Waals surface area (Å²) in [5.41, 5.74) is 1.09. The van der Waals surface area contributed by atoms with E-state index in [9.17, 15) is 9.18 Å². The molecular formula is C18H24BrFN2O. The average Bonchev–Trinajstić information content (AvgIpc) is 3.04. The molecule has 1 aromatic carbocycles. The van der Waals surface area contributed by atoms with Gasteiger partial charge in [-0.2, -0.15) is 0 Å². The Bertz CT molecular complexity index is 552. The van der Waals surface area contributed by atoms with Gasteiger partial charge in [-0.05, 0) is 36.5 Å². The summed E-state index contributed by atoms with van der Waals surface area (Å²) in [6.45, 7) is 4.20.